The summed E-state index contributed by atoms with van der Waals surface area (Å²) in [6.45, 7) is 0. The zero-order chi connectivity index (χ0) is 18.7. The van der Waals surface area contributed by atoms with Gasteiger partial charge >= 0.3 is 0 Å². The summed E-state index contributed by atoms with van der Waals surface area (Å²) in [6.07, 6.45) is 5.15. The number of nitrogens with one attached hydrogen (secondary N) is 1. The molecule has 1 aromatic heterocycles. The zero-order valence-corrected chi connectivity index (χ0v) is 15.4. The molecule has 0 saturated heterocycles. The number of nitrogens with zero attached hydrogens (tertiary/aromatic N) is 2. The van der Waals surface area contributed by atoms with Crippen molar-refractivity contribution in [2.45, 2.75) is 31.8 Å². The Labute approximate surface area is 159 Å². The zero-order valence-electron chi connectivity index (χ0n) is 13.9. The summed E-state index contributed by atoms with van der Waals surface area (Å²) in [5.74, 6) is -0.972. The van der Waals surface area contributed by atoms with Gasteiger partial charge in [-0.05, 0) is 31.7 Å². The van der Waals surface area contributed by atoms with Crippen LogP contribution in [0.5, 0.6) is 11.5 Å². The van der Waals surface area contributed by atoms with E-state index >= 15 is 0 Å². The summed E-state index contributed by atoms with van der Waals surface area (Å²) in [4.78, 5) is 20.0. The molecule has 0 aliphatic heterocycles. The fourth-order valence-corrected chi connectivity index (χ4v) is 3.18. The van der Waals surface area contributed by atoms with Crippen molar-refractivity contribution in [3.63, 3.8) is 0 Å². The van der Waals surface area contributed by atoms with Crippen LogP contribution in [0.3, 0.4) is 0 Å². The average molecular weight is 400 g/mol. The Kier molecular flexibility index (Phi) is 5.78. The van der Waals surface area contributed by atoms with Gasteiger partial charge in [-0.15, -0.1) is 0 Å². The largest absolute Gasteiger partial charge is 0.493 e. The van der Waals surface area contributed by atoms with E-state index in [1.807, 2.05) is 0 Å². The minimum absolute atomic E-state index is 0.00862. The number of amides is 1. The number of halogens is 3. The molecular formula is C17H16Cl2FN3O3. The minimum atomic E-state index is -0.762. The van der Waals surface area contributed by atoms with Gasteiger partial charge in [-0.2, -0.15) is 0 Å². The van der Waals surface area contributed by atoms with Gasteiger partial charge in [-0.25, -0.2) is 14.4 Å². The van der Waals surface area contributed by atoms with Crippen LogP contribution in [0.15, 0.2) is 18.5 Å². The van der Waals surface area contributed by atoms with Crippen molar-refractivity contribution in [2.75, 3.05) is 12.4 Å². The second kappa shape index (κ2) is 8.05. The van der Waals surface area contributed by atoms with Crippen LogP contribution in [0.4, 0.5) is 10.1 Å². The standard InChI is InChI=1S/C17H16Cl2FN3O3/c1-25-12-7-11(20)10(6-13(12)26-9-4-2-3-5-9)17(24)23-14-15(18)21-8-22-16(14)19/h6-9H,2-5H2,1H3,(H,23,24). The van der Waals surface area contributed by atoms with Crippen molar-refractivity contribution in [2.24, 2.45) is 0 Å². The number of rotatable bonds is 5. The van der Waals surface area contributed by atoms with Crippen LogP contribution in [0, 0.1) is 5.82 Å². The van der Waals surface area contributed by atoms with E-state index < -0.39 is 11.7 Å². The topological polar surface area (TPSA) is 73.3 Å². The van der Waals surface area contributed by atoms with Crippen LogP contribution in [0.25, 0.3) is 0 Å². The first-order valence-electron chi connectivity index (χ1n) is 8.01. The third-order valence-electron chi connectivity index (χ3n) is 4.09. The molecule has 0 bridgehead atoms. The van der Waals surface area contributed by atoms with E-state index in [0.29, 0.717) is 5.75 Å². The molecule has 6 nitrogen and oxygen atoms in total. The van der Waals surface area contributed by atoms with Crippen molar-refractivity contribution >= 4 is 34.8 Å². The fourth-order valence-electron chi connectivity index (χ4n) is 2.78. The fraction of sp³-hybridized carbons (Fsp3) is 0.353. The summed E-state index contributed by atoms with van der Waals surface area (Å²) < 4.78 is 25.5. The first-order valence-corrected chi connectivity index (χ1v) is 8.76. The maximum Gasteiger partial charge on any atom is 0.258 e. The second-order valence-electron chi connectivity index (χ2n) is 5.79. The van der Waals surface area contributed by atoms with Gasteiger partial charge < -0.3 is 14.8 Å². The third kappa shape index (κ3) is 3.99. The van der Waals surface area contributed by atoms with E-state index in [-0.39, 0.29) is 33.4 Å². The van der Waals surface area contributed by atoms with E-state index in [4.69, 9.17) is 32.7 Å². The highest BCUT2D eigenvalue weighted by Crippen LogP contribution is 2.34. The summed E-state index contributed by atoms with van der Waals surface area (Å²) in [7, 11) is 1.41. The van der Waals surface area contributed by atoms with Gasteiger partial charge in [0.15, 0.2) is 21.8 Å². The molecule has 0 radical (unpaired) electrons. The second-order valence-corrected chi connectivity index (χ2v) is 6.51. The van der Waals surface area contributed by atoms with Gasteiger partial charge in [0.05, 0.1) is 18.8 Å². The van der Waals surface area contributed by atoms with Crippen LogP contribution in [-0.2, 0) is 0 Å². The van der Waals surface area contributed by atoms with Crippen LogP contribution in [-0.4, -0.2) is 29.1 Å². The van der Waals surface area contributed by atoms with E-state index in [1.54, 1.807) is 0 Å². The Bertz CT molecular complexity index is 809. The van der Waals surface area contributed by atoms with Gasteiger partial charge in [0, 0.05) is 6.07 Å². The summed E-state index contributed by atoms with van der Waals surface area (Å²) in [6, 6.07) is 2.43. The Morgan fingerprint density at radius 2 is 1.85 bits per heavy atom. The van der Waals surface area contributed by atoms with Crippen molar-refractivity contribution in [3.8, 4) is 11.5 Å². The minimum Gasteiger partial charge on any atom is -0.493 e. The summed E-state index contributed by atoms with van der Waals surface area (Å²) >= 11 is 11.8. The molecule has 26 heavy (non-hydrogen) atoms. The highest BCUT2D eigenvalue weighted by atomic mass is 35.5. The predicted molar refractivity (Wildman–Crippen MR) is 95.8 cm³/mol. The monoisotopic (exact) mass is 399 g/mol. The number of anilines is 1. The average Bonchev–Trinajstić information content (AvgIpc) is 3.12. The number of aromatic nitrogens is 2. The Hall–Kier alpha value is -2.12. The SMILES string of the molecule is COc1cc(F)c(C(=O)Nc2c(Cl)ncnc2Cl)cc1OC1CCCC1. The lowest BCUT2D eigenvalue weighted by atomic mass is 10.1. The number of hydrogen-bond acceptors (Lipinski definition) is 5. The number of benzene rings is 1. The Morgan fingerprint density at radius 3 is 2.46 bits per heavy atom. The van der Waals surface area contributed by atoms with Crippen LogP contribution in [0.2, 0.25) is 10.3 Å². The number of carbonyl (C=O) groups excluding carboxylic acids is 1. The lowest BCUT2D eigenvalue weighted by Gasteiger charge is -2.17. The molecule has 1 amide bonds. The molecule has 1 fully saturated rings. The van der Waals surface area contributed by atoms with Crippen LogP contribution >= 0.6 is 23.2 Å². The first kappa shape index (κ1) is 18.7. The first-order chi connectivity index (χ1) is 12.5. The summed E-state index contributed by atoms with van der Waals surface area (Å²) in [5.41, 5.74) is -0.218. The normalized spacial score (nSPS) is 14.3. The number of hydrogen-bond donors (Lipinski definition) is 1. The molecule has 9 heteroatoms. The third-order valence-corrected chi connectivity index (χ3v) is 4.66. The molecule has 1 N–H and O–H groups in total. The van der Waals surface area contributed by atoms with Crippen LogP contribution in [0.1, 0.15) is 36.0 Å². The maximum atomic E-state index is 14.4. The number of ether oxygens (including phenoxy) is 2. The molecule has 1 aromatic carbocycles. The van der Waals surface area contributed by atoms with Crippen molar-refractivity contribution in [3.05, 3.63) is 40.1 Å². The number of carbonyl (C=O) groups is 1. The van der Waals surface area contributed by atoms with Crippen molar-refractivity contribution in [1.82, 2.24) is 9.97 Å². The van der Waals surface area contributed by atoms with Crippen LogP contribution < -0.4 is 14.8 Å². The van der Waals surface area contributed by atoms with E-state index in [0.717, 1.165) is 38.1 Å². The molecule has 138 valence electrons. The van der Waals surface area contributed by atoms with Gasteiger partial charge in [-0.3, -0.25) is 4.79 Å². The molecule has 2 aromatic rings. The quantitative estimate of drug-likeness (QED) is 0.748. The lowest BCUT2D eigenvalue weighted by molar-refractivity contribution is 0.102. The molecule has 0 unspecified atom stereocenters. The van der Waals surface area contributed by atoms with E-state index in [9.17, 15) is 9.18 Å². The van der Waals surface area contributed by atoms with Gasteiger partial charge in [0.2, 0.25) is 0 Å². The Morgan fingerprint density at radius 1 is 1.19 bits per heavy atom. The molecule has 3 rings (SSSR count). The molecule has 0 spiro atoms. The smallest absolute Gasteiger partial charge is 0.258 e. The van der Waals surface area contributed by atoms with Gasteiger partial charge in [0.25, 0.3) is 5.91 Å². The van der Waals surface area contributed by atoms with E-state index in [2.05, 4.69) is 15.3 Å². The number of methoxy groups -OCH3 is 1. The maximum absolute atomic E-state index is 14.4. The predicted octanol–water partition coefficient (Wildman–Crippen LogP) is 4.50. The molecule has 1 aliphatic rings. The highest BCUT2D eigenvalue weighted by molar-refractivity contribution is 6.38. The van der Waals surface area contributed by atoms with E-state index in [1.165, 1.54) is 13.2 Å². The molecule has 1 aliphatic carbocycles. The van der Waals surface area contributed by atoms with Crippen molar-refractivity contribution in [1.29, 1.82) is 0 Å². The molecular weight excluding hydrogens is 384 g/mol. The molecule has 1 heterocycles. The van der Waals surface area contributed by atoms with Gasteiger partial charge in [0.1, 0.15) is 17.8 Å². The lowest BCUT2D eigenvalue weighted by Crippen LogP contribution is -2.17. The molecule has 0 atom stereocenters. The van der Waals surface area contributed by atoms with Gasteiger partial charge in [-0.1, -0.05) is 23.2 Å². The molecule has 1 saturated carbocycles. The highest BCUT2D eigenvalue weighted by Gasteiger charge is 2.23. The van der Waals surface area contributed by atoms with Crippen molar-refractivity contribution < 1.29 is 18.7 Å². The summed E-state index contributed by atoms with van der Waals surface area (Å²) in [5, 5.41) is 2.34. The Balaban J connectivity index is 1.89.